The first-order chi connectivity index (χ1) is 14.2. The summed E-state index contributed by atoms with van der Waals surface area (Å²) in [7, 11) is 0. The van der Waals surface area contributed by atoms with Gasteiger partial charge in [0.05, 0.1) is 6.54 Å². The molecule has 29 heavy (non-hydrogen) atoms. The Hall–Kier alpha value is -2.70. The van der Waals surface area contributed by atoms with Crippen LogP contribution < -0.4 is 10.6 Å². The molecule has 1 atom stereocenters. The van der Waals surface area contributed by atoms with Crippen molar-refractivity contribution in [3.05, 3.63) is 66.2 Å². The summed E-state index contributed by atoms with van der Waals surface area (Å²) in [5.74, 6) is 0.0877. The van der Waals surface area contributed by atoms with E-state index in [4.69, 9.17) is 0 Å². The first kappa shape index (κ1) is 19.6. The molecule has 2 aliphatic rings. The van der Waals surface area contributed by atoms with Crippen LogP contribution in [0.25, 0.3) is 0 Å². The monoisotopic (exact) mass is 392 g/mol. The number of para-hydroxylation sites is 1. The van der Waals surface area contributed by atoms with Crippen LogP contribution >= 0.6 is 0 Å². The molecule has 6 heteroatoms. The smallest absolute Gasteiger partial charge is 0.246 e. The molecule has 2 fully saturated rings. The average molecular weight is 393 g/mol. The number of benzene rings is 2. The van der Waals surface area contributed by atoms with Gasteiger partial charge >= 0.3 is 0 Å². The number of nitrogens with zero attached hydrogens (tertiary/aromatic N) is 2. The zero-order valence-corrected chi connectivity index (χ0v) is 16.6. The Morgan fingerprint density at radius 3 is 2.14 bits per heavy atom. The molecule has 2 aromatic carbocycles. The second kappa shape index (κ2) is 9.20. The Bertz CT molecular complexity index is 815. The summed E-state index contributed by atoms with van der Waals surface area (Å²) in [6.07, 6.45) is 2.21. The summed E-state index contributed by atoms with van der Waals surface area (Å²) in [5.41, 5.74) is 1.79. The van der Waals surface area contributed by atoms with Gasteiger partial charge in [0.15, 0.2) is 0 Å². The first-order valence-corrected chi connectivity index (χ1v) is 10.4. The number of rotatable bonds is 7. The number of hydrogen-bond acceptors (Lipinski definition) is 4. The van der Waals surface area contributed by atoms with Gasteiger partial charge in [-0.1, -0.05) is 48.5 Å². The molecule has 1 aliphatic heterocycles. The van der Waals surface area contributed by atoms with E-state index in [1.54, 1.807) is 0 Å². The number of carbonyl (C=O) groups excluding carboxylic acids is 2. The SMILES string of the molecule is O=C(CN1CCN(C(C(=O)Nc2ccccc2)c2ccccc2)CC1)NC1CC1. The van der Waals surface area contributed by atoms with Crippen molar-refractivity contribution in [1.82, 2.24) is 15.1 Å². The largest absolute Gasteiger partial charge is 0.352 e. The third-order valence-corrected chi connectivity index (χ3v) is 5.49. The zero-order valence-electron chi connectivity index (χ0n) is 16.6. The lowest BCUT2D eigenvalue weighted by Gasteiger charge is -2.38. The van der Waals surface area contributed by atoms with Gasteiger partial charge in [0.2, 0.25) is 11.8 Å². The molecule has 1 heterocycles. The van der Waals surface area contributed by atoms with Crippen molar-refractivity contribution in [2.24, 2.45) is 0 Å². The lowest BCUT2D eigenvalue weighted by molar-refractivity contribution is -0.125. The maximum absolute atomic E-state index is 13.2. The van der Waals surface area contributed by atoms with Crippen molar-refractivity contribution in [3.63, 3.8) is 0 Å². The Kier molecular flexibility index (Phi) is 6.22. The van der Waals surface area contributed by atoms with Gasteiger partial charge in [0.1, 0.15) is 6.04 Å². The number of carbonyl (C=O) groups is 2. The van der Waals surface area contributed by atoms with E-state index in [0.29, 0.717) is 12.6 Å². The molecule has 1 saturated carbocycles. The highest BCUT2D eigenvalue weighted by Gasteiger charge is 2.31. The Morgan fingerprint density at radius 1 is 0.897 bits per heavy atom. The highest BCUT2D eigenvalue weighted by Crippen LogP contribution is 2.24. The van der Waals surface area contributed by atoms with Gasteiger partial charge < -0.3 is 10.6 Å². The normalized spacial score (nSPS) is 18.8. The number of anilines is 1. The minimum atomic E-state index is -0.348. The van der Waals surface area contributed by atoms with E-state index in [9.17, 15) is 9.59 Å². The van der Waals surface area contributed by atoms with Crippen LogP contribution in [0, 0.1) is 0 Å². The van der Waals surface area contributed by atoms with Gasteiger partial charge in [-0.05, 0) is 30.5 Å². The second-order valence-electron chi connectivity index (χ2n) is 7.82. The van der Waals surface area contributed by atoms with Crippen LogP contribution in [0.15, 0.2) is 60.7 Å². The van der Waals surface area contributed by atoms with Crippen molar-refractivity contribution in [2.45, 2.75) is 24.9 Å². The number of amides is 2. The van der Waals surface area contributed by atoms with Crippen LogP contribution in [0.2, 0.25) is 0 Å². The molecule has 1 unspecified atom stereocenters. The molecule has 1 saturated heterocycles. The predicted molar refractivity (Wildman–Crippen MR) is 113 cm³/mol. The topological polar surface area (TPSA) is 64.7 Å². The van der Waals surface area contributed by atoms with Gasteiger partial charge in [0, 0.05) is 37.9 Å². The van der Waals surface area contributed by atoms with Gasteiger partial charge in [0.25, 0.3) is 0 Å². The Balaban J connectivity index is 1.40. The average Bonchev–Trinajstić information content (AvgIpc) is 3.55. The molecule has 0 aromatic heterocycles. The summed E-state index contributed by atoms with van der Waals surface area (Å²) in [5, 5.41) is 6.10. The maximum Gasteiger partial charge on any atom is 0.246 e. The van der Waals surface area contributed by atoms with Crippen LogP contribution in [-0.2, 0) is 9.59 Å². The molecule has 4 rings (SSSR count). The van der Waals surface area contributed by atoms with Gasteiger partial charge in [-0.15, -0.1) is 0 Å². The van der Waals surface area contributed by atoms with Gasteiger partial charge in [-0.2, -0.15) is 0 Å². The summed E-state index contributed by atoms with van der Waals surface area (Å²) in [6, 6.07) is 19.5. The number of piperazine rings is 1. The Morgan fingerprint density at radius 2 is 1.52 bits per heavy atom. The number of hydrogen-bond donors (Lipinski definition) is 2. The fourth-order valence-electron chi connectivity index (χ4n) is 3.78. The van der Waals surface area contributed by atoms with E-state index in [1.807, 2.05) is 60.7 Å². The van der Waals surface area contributed by atoms with Gasteiger partial charge in [-0.25, -0.2) is 0 Å². The van der Waals surface area contributed by atoms with E-state index < -0.39 is 0 Å². The lowest BCUT2D eigenvalue weighted by atomic mass is 10.0. The van der Waals surface area contributed by atoms with E-state index in [1.165, 1.54) is 0 Å². The molecular weight excluding hydrogens is 364 g/mol. The number of nitrogens with one attached hydrogen (secondary N) is 2. The molecular formula is C23H28N4O2. The second-order valence-corrected chi connectivity index (χ2v) is 7.82. The van der Waals surface area contributed by atoms with E-state index >= 15 is 0 Å². The standard InChI is InChI=1S/C23H28N4O2/c28-21(24-20-11-12-20)17-26-13-15-27(16-14-26)22(18-7-3-1-4-8-18)23(29)25-19-9-5-2-6-10-19/h1-10,20,22H,11-17H2,(H,24,28)(H,25,29). The van der Waals surface area contributed by atoms with Crippen molar-refractivity contribution in [3.8, 4) is 0 Å². The zero-order chi connectivity index (χ0) is 20.1. The molecule has 0 spiro atoms. The highest BCUT2D eigenvalue weighted by atomic mass is 16.2. The van der Waals surface area contributed by atoms with E-state index in [0.717, 1.165) is 50.3 Å². The highest BCUT2D eigenvalue weighted by molar-refractivity contribution is 5.95. The summed E-state index contributed by atoms with van der Waals surface area (Å²) < 4.78 is 0. The molecule has 2 N–H and O–H groups in total. The summed E-state index contributed by atoms with van der Waals surface area (Å²) >= 11 is 0. The van der Waals surface area contributed by atoms with Crippen LogP contribution in [0.3, 0.4) is 0 Å². The van der Waals surface area contributed by atoms with Crippen molar-refractivity contribution in [2.75, 3.05) is 38.0 Å². The molecule has 1 aliphatic carbocycles. The molecule has 2 amide bonds. The minimum absolute atomic E-state index is 0.0256. The van der Waals surface area contributed by atoms with Crippen LogP contribution in [-0.4, -0.2) is 60.4 Å². The third kappa shape index (κ3) is 5.43. The molecule has 0 bridgehead atoms. The first-order valence-electron chi connectivity index (χ1n) is 10.4. The fraction of sp³-hybridized carbons (Fsp3) is 0.391. The van der Waals surface area contributed by atoms with Crippen molar-refractivity contribution in [1.29, 1.82) is 0 Å². The minimum Gasteiger partial charge on any atom is -0.352 e. The quantitative estimate of drug-likeness (QED) is 0.759. The Labute approximate surface area is 171 Å². The van der Waals surface area contributed by atoms with Crippen LogP contribution in [0.1, 0.15) is 24.4 Å². The predicted octanol–water partition coefficient (Wildman–Crippen LogP) is 2.26. The lowest BCUT2D eigenvalue weighted by Crippen LogP contribution is -2.52. The molecule has 2 aromatic rings. The van der Waals surface area contributed by atoms with Crippen molar-refractivity contribution < 1.29 is 9.59 Å². The summed E-state index contributed by atoms with van der Waals surface area (Å²) in [6.45, 7) is 3.49. The van der Waals surface area contributed by atoms with E-state index in [2.05, 4.69) is 20.4 Å². The van der Waals surface area contributed by atoms with Gasteiger partial charge in [-0.3, -0.25) is 19.4 Å². The third-order valence-electron chi connectivity index (χ3n) is 5.49. The molecule has 152 valence electrons. The summed E-state index contributed by atoms with van der Waals surface area (Å²) in [4.78, 5) is 29.6. The van der Waals surface area contributed by atoms with E-state index in [-0.39, 0.29) is 17.9 Å². The molecule has 0 radical (unpaired) electrons. The van der Waals surface area contributed by atoms with Crippen molar-refractivity contribution >= 4 is 17.5 Å². The van der Waals surface area contributed by atoms with Crippen LogP contribution in [0.4, 0.5) is 5.69 Å². The maximum atomic E-state index is 13.2. The van der Waals surface area contributed by atoms with Crippen LogP contribution in [0.5, 0.6) is 0 Å². The fourth-order valence-corrected chi connectivity index (χ4v) is 3.78. The molecule has 6 nitrogen and oxygen atoms in total.